The van der Waals surface area contributed by atoms with E-state index >= 15 is 0 Å². The van der Waals surface area contributed by atoms with E-state index in [1.807, 2.05) is 30.9 Å². The van der Waals surface area contributed by atoms with E-state index < -0.39 is 26.2 Å². The molecule has 9 nitrogen and oxygen atoms in total. The molecule has 0 amide bonds. The smallest absolute Gasteiger partial charge is 0.297 e. The first-order valence-corrected chi connectivity index (χ1v) is 15.3. The quantitative estimate of drug-likeness (QED) is 0.280. The van der Waals surface area contributed by atoms with Crippen LogP contribution in [0.2, 0.25) is 0 Å². The zero-order valence-electron chi connectivity index (χ0n) is 21.4. The molecule has 1 saturated heterocycles. The van der Waals surface area contributed by atoms with Crippen molar-refractivity contribution in [2.45, 2.75) is 36.2 Å². The zero-order valence-corrected chi connectivity index (χ0v) is 23.0. The summed E-state index contributed by atoms with van der Waals surface area (Å²) in [5, 5.41) is 1.33. The van der Waals surface area contributed by atoms with Crippen molar-refractivity contribution in [2.75, 3.05) is 18.0 Å². The third kappa shape index (κ3) is 4.56. The number of fused-ring (bicyclic) bond motifs is 3. The van der Waals surface area contributed by atoms with Crippen LogP contribution < -0.4 is 4.90 Å². The van der Waals surface area contributed by atoms with Crippen LogP contribution in [0.5, 0.6) is 0 Å². The Balaban J connectivity index is 1.36. The van der Waals surface area contributed by atoms with Crippen molar-refractivity contribution in [2.24, 2.45) is 0 Å². The molecule has 39 heavy (non-hydrogen) atoms. The molecule has 0 saturated carbocycles. The fourth-order valence-corrected chi connectivity index (χ4v) is 7.45. The highest BCUT2D eigenvalue weighted by atomic mass is 32.2. The van der Waals surface area contributed by atoms with Gasteiger partial charge in [-0.25, -0.2) is 17.4 Å². The van der Waals surface area contributed by atoms with Gasteiger partial charge in [-0.05, 0) is 62.7 Å². The molecule has 1 atom stereocenters. The van der Waals surface area contributed by atoms with Crippen LogP contribution in [0.25, 0.3) is 21.9 Å². The molecule has 1 aliphatic heterocycles. The fourth-order valence-electron chi connectivity index (χ4n) is 4.88. The first kappa shape index (κ1) is 25.5. The highest BCUT2D eigenvalue weighted by Crippen LogP contribution is 2.33. The Morgan fingerprint density at radius 2 is 1.49 bits per heavy atom. The van der Waals surface area contributed by atoms with Crippen LogP contribution in [-0.4, -0.2) is 50.0 Å². The Hall–Kier alpha value is -3.80. The van der Waals surface area contributed by atoms with Crippen LogP contribution in [0.4, 0.5) is 5.82 Å². The molecule has 0 N–H and O–H groups in total. The second kappa shape index (κ2) is 9.44. The minimum atomic E-state index is -3.97. The minimum Gasteiger partial charge on any atom is -0.354 e. The van der Waals surface area contributed by atoms with E-state index in [1.165, 1.54) is 16.1 Å². The SMILES string of the molecule is Cc1ccc(S(=O)(=O)O[C@@H]2CCN(c3ccc4c5cnccc5n(S(=O)(=O)c5ccc(C)cc5)c4n3)C2)cc1. The maximum absolute atomic E-state index is 13.8. The number of aromatic nitrogens is 3. The number of hydrogen-bond donors (Lipinski definition) is 0. The minimum absolute atomic E-state index is 0.116. The van der Waals surface area contributed by atoms with E-state index in [0.717, 1.165) is 11.1 Å². The van der Waals surface area contributed by atoms with E-state index in [-0.39, 0.29) is 15.4 Å². The van der Waals surface area contributed by atoms with Crippen LogP contribution in [-0.2, 0) is 24.3 Å². The third-order valence-electron chi connectivity index (χ3n) is 6.96. The van der Waals surface area contributed by atoms with Gasteiger partial charge in [0, 0.05) is 36.3 Å². The summed E-state index contributed by atoms with van der Waals surface area (Å²) in [6.45, 7) is 4.60. The Labute approximate surface area is 226 Å². The molecule has 1 aliphatic rings. The van der Waals surface area contributed by atoms with E-state index in [1.54, 1.807) is 54.9 Å². The molecule has 5 aromatic rings. The molecule has 11 heteroatoms. The van der Waals surface area contributed by atoms with Gasteiger partial charge in [-0.15, -0.1) is 0 Å². The van der Waals surface area contributed by atoms with Crippen LogP contribution in [0.1, 0.15) is 17.5 Å². The molecule has 6 rings (SSSR count). The zero-order chi connectivity index (χ0) is 27.4. The average molecular weight is 563 g/mol. The Bertz CT molecular complexity index is 1920. The normalized spacial score (nSPS) is 16.4. The average Bonchev–Trinajstić information content (AvgIpc) is 3.51. The summed E-state index contributed by atoms with van der Waals surface area (Å²) < 4.78 is 60.1. The summed E-state index contributed by atoms with van der Waals surface area (Å²) in [6.07, 6.45) is 3.12. The molecule has 0 bridgehead atoms. The number of pyridine rings is 2. The van der Waals surface area contributed by atoms with Crippen LogP contribution >= 0.6 is 0 Å². The van der Waals surface area contributed by atoms with Crippen molar-refractivity contribution in [3.05, 3.63) is 90.3 Å². The van der Waals surface area contributed by atoms with Gasteiger partial charge in [-0.1, -0.05) is 35.4 Å². The van der Waals surface area contributed by atoms with Gasteiger partial charge in [0.2, 0.25) is 0 Å². The standard InChI is InChI=1S/C28H26N4O5S2/c1-19-3-7-22(8-4-19)38(33,34)32-26-13-15-29-17-25(26)24-11-12-27(30-28(24)32)31-16-14-21(18-31)37-39(35,36)23-9-5-20(2)6-10-23/h3-13,15,17,21H,14,16,18H2,1-2H3/t21-/m1/s1. The molecule has 200 valence electrons. The summed E-state index contributed by atoms with van der Waals surface area (Å²) in [6, 6.07) is 18.5. The maximum Gasteiger partial charge on any atom is 0.297 e. The predicted octanol–water partition coefficient (Wildman–Crippen LogP) is 4.42. The number of aryl methyl sites for hydroxylation is 2. The van der Waals surface area contributed by atoms with Gasteiger partial charge in [-0.3, -0.25) is 9.17 Å². The number of hydrogen-bond acceptors (Lipinski definition) is 8. The largest absolute Gasteiger partial charge is 0.354 e. The molecule has 1 fully saturated rings. The van der Waals surface area contributed by atoms with E-state index in [4.69, 9.17) is 9.17 Å². The predicted molar refractivity (Wildman–Crippen MR) is 149 cm³/mol. The van der Waals surface area contributed by atoms with Gasteiger partial charge >= 0.3 is 0 Å². The first-order valence-electron chi connectivity index (χ1n) is 12.5. The number of nitrogens with zero attached hydrogens (tertiary/aromatic N) is 4. The summed E-state index contributed by atoms with van der Waals surface area (Å²) in [5.74, 6) is 0.539. The van der Waals surface area contributed by atoms with Gasteiger partial charge in [0.05, 0.1) is 21.4 Å². The van der Waals surface area contributed by atoms with E-state index in [0.29, 0.717) is 41.6 Å². The van der Waals surface area contributed by atoms with Crippen molar-refractivity contribution in [1.29, 1.82) is 0 Å². The van der Waals surface area contributed by atoms with Crippen molar-refractivity contribution < 1.29 is 21.0 Å². The highest BCUT2D eigenvalue weighted by molar-refractivity contribution is 7.90. The number of rotatable bonds is 6. The Kier molecular flexibility index (Phi) is 6.17. The van der Waals surface area contributed by atoms with Crippen molar-refractivity contribution in [3.63, 3.8) is 0 Å². The van der Waals surface area contributed by atoms with Crippen LogP contribution in [0.3, 0.4) is 0 Å². The van der Waals surface area contributed by atoms with Crippen molar-refractivity contribution in [3.8, 4) is 0 Å². The second-order valence-electron chi connectivity index (χ2n) is 9.74. The molecule has 0 unspecified atom stereocenters. The molecule has 2 aromatic carbocycles. The lowest BCUT2D eigenvalue weighted by Crippen LogP contribution is -2.25. The van der Waals surface area contributed by atoms with Crippen molar-refractivity contribution >= 4 is 47.9 Å². The van der Waals surface area contributed by atoms with Crippen molar-refractivity contribution in [1.82, 2.24) is 13.9 Å². The molecular weight excluding hydrogens is 536 g/mol. The van der Waals surface area contributed by atoms with Gasteiger partial charge < -0.3 is 4.90 Å². The molecule has 0 radical (unpaired) electrons. The third-order valence-corrected chi connectivity index (χ3v) is 10.1. The molecule has 3 aromatic heterocycles. The summed E-state index contributed by atoms with van der Waals surface area (Å²) in [4.78, 5) is 11.2. The topological polar surface area (TPSA) is 111 Å². The summed E-state index contributed by atoms with van der Waals surface area (Å²) in [5.41, 5.74) is 2.68. The molecule has 0 aliphatic carbocycles. The molecule has 4 heterocycles. The van der Waals surface area contributed by atoms with Crippen LogP contribution in [0.15, 0.2) is 88.9 Å². The Morgan fingerprint density at radius 3 is 2.18 bits per heavy atom. The van der Waals surface area contributed by atoms with Gasteiger partial charge in [0.25, 0.3) is 20.1 Å². The van der Waals surface area contributed by atoms with Crippen LogP contribution in [0, 0.1) is 13.8 Å². The number of anilines is 1. The highest BCUT2D eigenvalue weighted by Gasteiger charge is 2.31. The summed E-state index contributed by atoms with van der Waals surface area (Å²) in [7, 11) is -7.89. The number of benzene rings is 2. The first-order chi connectivity index (χ1) is 18.6. The molecule has 0 spiro atoms. The monoisotopic (exact) mass is 562 g/mol. The van der Waals surface area contributed by atoms with E-state index in [2.05, 4.69) is 4.98 Å². The lowest BCUT2D eigenvalue weighted by molar-refractivity contribution is 0.232. The van der Waals surface area contributed by atoms with Gasteiger partial charge in [-0.2, -0.15) is 8.42 Å². The maximum atomic E-state index is 13.8. The lowest BCUT2D eigenvalue weighted by Gasteiger charge is -2.18. The summed E-state index contributed by atoms with van der Waals surface area (Å²) >= 11 is 0. The second-order valence-corrected chi connectivity index (χ2v) is 13.1. The van der Waals surface area contributed by atoms with Gasteiger partial charge in [0.15, 0.2) is 5.65 Å². The Morgan fingerprint density at radius 1 is 0.821 bits per heavy atom. The van der Waals surface area contributed by atoms with E-state index in [9.17, 15) is 16.8 Å². The molecular formula is C28H26N4O5S2. The fraction of sp³-hybridized carbons (Fsp3) is 0.214. The van der Waals surface area contributed by atoms with Gasteiger partial charge in [0.1, 0.15) is 5.82 Å². The lowest BCUT2D eigenvalue weighted by atomic mass is 10.2.